The van der Waals surface area contributed by atoms with Crippen LogP contribution in [-0.4, -0.2) is 68.9 Å². The highest BCUT2D eigenvalue weighted by molar-refractivity contribution is 5.91. The van der Waals surface area contributed by atoms with Crippen LogP contribution in [0.5, 0.6) is 0 Å². The van der Waals surface area contributed by atoms with Gasteiger partial charge in [-0.15, -0.1) is 0 Å². The van der Waals surface area contributed by atoms with Crippen LogP contribution < -0.4 is 15.5 Å². The standard InChI is InChI=1S/C19H23N3O2.C10H12N2.C5H13N/c23-14-16-8-10-22(11-9-16)17-6-7-18(20-13-17)21-19(24)12-15-4-2-1-3-5-15;1-12-7-6-9-2-4-10(8-11)5-3-9;1-4-6(3)5-2/h2,4-7,13-14,16H,1,3,8-12H2,(H,20,21,24);2-5,12H,6-7H2,1H3;4-5H2,1-3H3. The smallest absolute Gasteiger partial charge is 0.229 e. The van der Waals surface area contributed by atoms with Crippen LogP contribution >= 0.6 is 0 Å². The summed E-state index contributed by atoms with van der Waals surface area (Å²) < 4.78 is 0. The van der Waals surface area contributed by atoms with Crippen LogP contribution in [0.25, 0.3) is 0 Å². The topological polar surface area (TPSA) is 101 Å². The van der Waals surface area contributed by atoms with Crippen LogP contribution in [0.1, 0.15) is 57.1 Å². The van der Waals surface area contributed by atoms with Gasteiger partial charge in [0, 0.05) is 19.0 Å². The van der Waals surface area contributed by atoms with Crippen LogP contribution in [0.4, 0.5) is 11.5 Å². The molecular formula is C34H48N6O2. The zero-order valence-electron chi connectivity index (χ0n) is 25.8. The number of nitrogens with zero attached hydrogens (tertiary/aromatic N) is 4. The molecule has 0 unspecified atom stereocenters. The molecule has 2 N–H and O–H groups in total. The first-order chi connectivity index (χ1) is 20.4. The molecule has 4 rings (SSSR count). The Labute approximate surface area is 252 Å². The number of hydrogen-bond acceptors (Lipinski definition) is 7. The maximum Gasteiger partial charge on any atom is 0.229 e. The third kappa shape index (κ3) is 13.2. The number of pyridine rings is 1. The van der Waals surface area contributed by atoms with Crippen LogP contribution in [0.3, 0.4) is 0 Å². The van der Waals surface area contributed by atoms with Gasteiger partial charge in [0.05, 0.1) is 29.9 Å². The molecule has 8 heteroatoms. The van der Waals surface area contributed by atoms with E-state index >= 15 is 0 Å². The van der Waals surface area contributed by atoms with Crippen molar-refractivity contribution in [2.75, 3.05) is 57.0 Å². The quantitative estimate of drug-likeness (QED) is 0.369. The molecule has 1 fully saturated rings. The molecule has 1 aliphatic carbocycles. The number of allylic oxidation sites excluding steroid dienone is 3. The maximum atomic E-state index is 12.1. The van der Waals surface area contributed by atoms with Crippen molar-refractivity contribution >= 4 is 23.7 Å². The average molecular weight is 573 g/mol. The number of hydrogen-bond donors (Lipinski definition) is 2. The number of carbonyl (C=O) groups is 2. The summed E-state index contributed by atoms with van der Waals surface area (Å²) in [5.74, 6) is 0.725. The van der Waals surface area contributed by atoms with Gasteiger partial charge < -0.3 is 25.2 Å². The molecule has 8 nitrogen and oxygen atoms in total. The number of rotatable bonds is 10. The van der Waals surface area contributed by atoms with E-state index in [-0.39, 0.29) is 11.8 Å². The predicted octanol–water partition coefficient (Wildman–Crippen LogP) is 5.38. The lowest BCUT2D eigenvalue weighted by Crippen LogP contribution is -2.34. The van der Waals surface area contributed by atoms with Gasteiger partial charge in [-0.05, 0) is 101 Å². The fraction of sp³-hybridized carbons (Fsp3) is 0.471. The first-order valence-electron chi connectivity index (χ1n) is 15.1. The molecule has 0 radical (unpaired) electrons. The molecule has 1 saturated heterocycles. The van der Waals surface area contributed by atoms with Gasteiger partial charge in [0.2, 0.25) is 5.91 Å². The molecule has 1 aromatic heterocycles. The summed E-state index contributed by atoms with van der Waals surface area (Å²) in [5.41, 5.74) is 4.09. The molecule has 1 aromatic carbocycles. The van der Waals surface area contributed by atoms with Crippen LogP contribution in [0.2, 0.25) is 0 Å². The fourth-order valence-corrected chi connectivity index (χ4v) is 4.35. The Morgan fingerprint density at radius 3 is 2.33 bits per heavy atom. The van der Waals surface area contributed by atoms with Crippen molar-refractivity contribution in [2.45, 2.75) is 52.4 Å². The number of aromatic nitrogens is 1. The Morgan fingerprint density at radius 1 is 1.12 bits per heavy atom. The van der Waals surface area contributed by atoms with Gasteiger partial charge >= 0.3 is 0 Å². The Kier molecular flexibility index (Phi) is 16.5. The first kappa shape index (κ1) is 34.4. The van der Waals surface area contributed by atoms with Crippen molar-refractivity contribution in [3.8, 4) is 6.07 Å². The third-order valence-corrected chi connectivity index (χ3v) is 7.38. The maximum absolute atomic E-state index is 12.1. The van der Waals surface area contributed by atoms with Gasteiger partial charge in [0.15, 0.2) is 0 Å². The predicted molar refractivity (Wildman–Crippen MR) is 173 cm³/mol. The lowest BCUT2D eigenvalue weighted by atomic mass is 9.98. The van der Waals surface area contributed by atoms with Crippen molar-refractivity contribution < 1.29 is 9.59 Å². The normalized spacial score (nSPS) is 14.5. The van der Waals surface area contributed by atoms with Crippen molar-refractivity contribution in [1.82, 2.24) is 15.2 Å². The van der Waals surface area contributed by atoms with Gasteiger partial charge in [0.25, 0.3) is 0 Å². The van der Waals surface area contributed by atoms with Crippen LogP contribution in [-0.2, 0) is 16.0 Å². The second-order valence-electron chi connectivity index (χ2n) is 10.5. The van der Waals surface area contributed by atoms with Gasteiger partial charge in [0.1, 0.15) is 12.1 Å². The molecule has 2 aromatic rings. The Morgan fingerprint density at radius 2 is 1.83 bits per heavy atom. The summed E-state index contributed by atoms with van der Waals surface area (Å²) >= 11 is 0. The molecular weight excluding hydrogens is 524 g/mol. The third-order valence-electron chi connectivity index (χ3n) is 7.38. The molecule has 2 heterocycles. The summed E-state index contributed by atoms with van der Waals surface area (Å²) in [6.07, 6.45) is 14.3. The summed E-state index contributed by atoms with van der Waals surface area (Å²) in [4.78, 5) is 31.7. The summed E-state index contributed by atoms with van der Waals surface area (Å²) in [7, 11) is 4.05. The van der Waals surface area contributed by atoms with Gasteiger partial charge in [-0.1, -0.05) is 44.2 Å². The lowest BCUT2D eigenvalue weighted by Gasteiger charge is -2.31. The highest BCUT2D eigenvalue weighted by Crippen LogP contribution is 2.22. The van der Waals surface area contributed by atoms with Crippen molar-refractivity contribution in [3.05, 3.63) is 77.5 Å². The molecule has 0 bridgehead atoms. The number of amides is 1. The molecule has 42 heavy (non-hydrogen) atoms. The number of likely N-dealkylation sites (N-methyl/N-ethyl adjacent to an activating group) is 1. The van der Waals surface area contributed by atoms with Gasteiger partial charge in [-0.2, -0.15) is 5.26 Å². The lowest BCUT2D eigenvalue weighted by molar-refractivity contribution is -0.115. The minimum atomic E-state index is -0.0418. The number of piperidine rings is 1. The van der Waals surface area contributed by atoms with Gasteiger partial charge in [-0.3, -0.25) is 4.79 Å². The second-order valence-corrected chi connectivity index (χ2v) is 10.5. The molecule has 1 aliphatic heterocycles. The number of aldehydes is 1. The fourth-order valence-electron chi connectivity index (χ4n) is 4.35. The first-order valence-corrected chi connectivity index (χ1v) is 15.1. The highest BCUT2D eigenvalue weighted by atomic mass is 16.1. The van der Waals surface area contributed by atoms with E-state index in [0.717, 1.165) is 87.9 Å². The minimum absolute atomic E-state index is 0.0418. The Bertz CT molecular complexity index is 1160. The Balaban J connectivity index is 0.000000284. The molecule has 0 spiro atoms. The van der Waals surface area contributed by atoms with Crippen LogP contribution in [0, 0.1) is 17.2 Å². The van der Waals surface area contributed by atoms with E-state index in [4.69, 9.17) is 5.26 Å². The summed E-state index contributed by atoms with van der Waals surface area (Å²) in [6, 6.07) is 13.6. The highest BCUT2D eigenvalue weighted by Gasteiger charge is 2.19. The zero-order valence-corrected chi connectivity index (χ0v) is 25.8. The Hall–Kier alpha value is -3.80. The van der Waals surface area contributed by atoms with Crippen molar-refractivity contribution in [1.29, 1.82) is 5.26 Å². The number of anilines is 2. The van der Waals surface area contributed by atoms with Gasteiger partial charge in [-0.25, -0.2) is 4.98 Å². The molecule has 1 amide bonds. The largest absolute Gasteiger partial charge is 0.370 e. The average Bonchev–Trinajstić information content (AvgIpc) is 3.05. The summed E-state index contributed by atoms with van der Waals surface area (Å²) in [5, 5.41) is 14.5. The molecule has 0 atom stereocenters. The molecule has 2 aliphatic rings. The molecule has 226 valence electrons. The van der Waals surface area contributed by atoms with E-state index in [0.29, 0.717) is 12.2 Å². The van der Waals surface area contributed by atoms with E-state index in [1.165, 1.54) is 5.56 Å². The monoisotopic (exact) mass is 572 g/mol. The van der Waals surface area contributed by atoms with E-state index in [1.807, 2.05) is 49.5 Å². The second kappa shape index (κ2) is 20.1. The van der Waals surface area contributed by atoms with E-state index in [2.05, 4.69) is 64.5 Å². The van der Waals surface area contributed by atoms with E-state index < -0.39 is 0 Å². The minimum Gasteiger partial charge on any atom is -0.370 e. The summed E-state index contributed by atoms with van der Waals surface area (Å²) in [6.45, 7) is 9.36. The van der Waals surface area contributed by atoms with E-state index in [9.17, 15) is 9.59 Å². The number of benzene rings is 1. The SMILES string of the molecule is CCN(C)CC.CNCCc1ccc(C#N)cc1.O=CC1CCN(c2ccc(NC(=O)CC3=CCCC=C3)nc2)CC1. The number of carbonyl (C=O) groups excluding carboxylic acids is 2. The zero-order chi connectivity index (χ0) is 30.6. The number of nitriles is 1. The van der Waals surface area contributed by atoms with E-state index in [1.54, 1.807) is 6.20 Å². The van der Waals surface area contributed by atoms with Crippen molar-refractivity contribution in [2.24, 2.45) is 5.92 Å². The van der Waals surface area contributed by atoms with Crippen LogP contribution in [0.15, 0.2) is 66.4 Å². The molecule has 0 saturated carbocycles. The van der Waals surface area contributed by atoms with Crippen molar-refractivity contribution in [3.63, 3.8) is 0 Å². The number of nitrogens with one attached hydrogen (secondary N) is 2.